The van der Waals surface area contributed by atoms with E-state index in [4.69, 9.17) is 23.2 Å². The van der Waals surface area contributed by atoms with Gasteiger partial charge in [-0.25, -0.2) is 0 Å². The number of nitrogens with one attached hydrogen (secondary N) is 1. The Kier molecular flexibility index (Phi) is 5.43. The number of benzene rings is 3. The lowest BCUT2D eigenvalue weighted by molar-refractivity contribution is 0.993. The van der Waals surface area contributed by atoms with Crippen LogP contribution in [0.3, 0.4) is 0 Å². The Morgan fingerprint density at radius 1 is 0.821 bits per heavy atom. The molecular weight excluding hydrogens is 387 g/mol. The highest BCUT2D eigenvalue weighted by Gasteiger charge is 2.17. The first kappa shape index (κ1) is 18.7. The van der Waals surface area contributed by atoms with E-state index in [0.29, 0.717) is 10.0 Å². The van der Waals surface area contributed by atoms with Crippen molar-refractivity contribution in [3.8, 4) is 16.9 Å². The second-order valence-corrected chi connectivity index (χ2v) is 7.50. The normalized spacial score (nSPS) is 10.8. The molecule has 1 aromatic heterocycles. The smallest absolute Gasteiger partial charge is 0.0661 e. The van der Waals surface area contributed by atoms with Crippen LogP contribution in [-0.2, 0) is 6.54 Å². The summed E-state index contributed by atoms with van der Waals surface area (Å²) in [6, 6.07) is 28.4. The molecule has 0 fully saturated rings. The third-order valence-electron chi connectivity index (χ3n) is 4.83. The molecular formula is C24H20Cl2N2. The van der Waals surface area contributed by atoms with Crippen molar-refractivity contribution in [1.29, 1.82) is 0 Å². The second-order valence-electron chi connectivity index (χ2n) is 6.66. The Morgan fingerprint density at radius 3 is 2.18 bits per heavy atom. The van der Waals surface area contributed by atoms with Gasteiger partial charge in [-0.15, -0.1) is 0 Å². The monoisotopic (exact) mass is 406 g/mol. The van der Waals surface area contributed by atoms with Crippen LogP contribution in [0.15, 0.2) is 84.9 Å². The molecule has 2 nitrogen and oxygen atoms in total. The maximum Gasteiger partial charge on any atom is 0.0661 e. The summed E-state index contributed by atoms with van der Waals surface area (Å²) >= 11 is 12.7. The van der Waals surface area contributed by atoms with E-state index in [-0.39, 0.29) is 0 Å². The van der Waals surface area contributed by atoms with Crippen LogP contribution in [0.4, 0.5) is 5.69 Å². The molecule has 0 bridgehead atoms. The van der Waals surface area contributed by atoms with E-state index in [0.717, 1.165) is 34.9 Å². The number of hydrogen-bond acceptors (Lipinski definition) is 1. The molecule has 4 rings (SSSR count). The minimum Gasteiger partial charge on any atom is -0.381 e. The van der Waals surface area contributed by atoms with Crippen molar-refractivity contribution in [2.24, 2.45) is 0 Å². The minimum atomic E-state index is 0.630. The van der Waals surface area contributed by atoms with Gasteiger partial charge < -0.3 is 9.88 Å². The van der Waals surface area contributed by atoms with Crippen LogP contribution < -0.4 is 5.32 Å². The van der Waals surface area contributed by atoms with Gasteiger partial charge in [-0.1, -0.05) is 71.7 Å². The largest absolute Gasteiger partial charge is 0.381 e. The van der Waals surface area contributed by atoms with Gasteiger partial charge in [0.1, 0.15) is 0 Å². The lowest BCUT2D eigenvalue weighted by Crippen LogP contribution is -2.03. The third kappa shape index (κ3) is 3.80. The molecule has 1 N–H and O–H groups in total. The molecule has 0 aliphatic heterocycles. The Balaban J connectivity index is 1.80. The molecule has 140 valence electrons. The predicted molar refractivity (Wildman–Crippen MR) is 120 cm³/mol. The van der Waals surface area contributed by atoms with E-state index >= 15 is 0 Å². The lowest BCUT2D eigenvalue weighted by atomic mass is 10.1. The summed E-state index contributed by atoms with van der Waals surface area (Å²) < 4.78 is 2.20. The standard InChI is InChI=1S/C24H20Cl2N2/c1-17-19(16-27-21-10-6-3-7-11-21)14-24(18-8-4-2-5-9-18)28(17)23-13-12-20(25)15-22(23)26/h2-15,27H,16H2,1H3. The maximum atomic E-state index is 6.56. The van der Waals surface area contributed by atoms with Gasteiger partial charge >= 0.3 is 0 Å². The zero-order chi connectivity index (χ0) is 19.5. The number of hydrogen-bond donors (Lipinski definition) is 1. The molecule has 3 aromatic carbocycles. The van der Waals surface area contributed by atoms with Crippen LogP contribution in [0.2, 0.25) is 10.0 Å². The summed E-state index contributed by atoms with van der Waals surface area (Å²) in [5, 5.41) is 4.76. The molecule has 0 unspecified atom stereocenters. The summed E-state index contributed by atoms with van der Waals surface area (Å²) in [5.41, 5.74) is 6.63. The SMILES string of the molecule is Cc1c(CNc2ccccc2)cc(-c2ccccc2)n1-c1ccc(Cl)cc1Cl. The first-order chi connectivity index (χ1) is 13.6. The van der Waals surface area contributed by atoms with Crippen LogP contribution >= 0.6 is 23.2 Å². The summed E-state index contributed by atoms with van der Waals surface area (Å²) in [6.45, 7) is 2.85. The average molecular weight is 407 g/mol. The van der Waals surface area contributed by atoms with Crippen molar-refractivity contribution in [2.75, 3.05) is 5.32 Å². The van der Waals surface area contributed by atoms with Gasteiger partial charge in [0.15, 0.2) is 0 Å². The highest BCUT2D eigenvalue weighted by Crippen LogP contribution is 2.34. The highest BCUT2D eigenvalue weighted by atomic mass is 35.5. The quantitative estimate of drug-likeness (QED) is 0.365. The van der Waals surface area contributed by atoms with Crippen LogP contribution in [0.1, 0.15) is 11.3 Å². The molecule has 4 heteroatoms. The Hall–Kier alpha value is -2.68. The number of anilines is 1. The fraction of sp³-hybridized carbons (Fsp3) is 0.0833. The van der Waals surface area contributed by atoms with E-state index in [1.54, 1.807) is 6.07 Å². The molecule has 0 saturated carbocycles. The average Bonchev–Trinajstić information content (AvgIpc) is 3.04. The van der Waals surface area contributed by atoms with Gasteiger partial charge in [-0.2, -0.15) is 0 Å². The van der Waals surface area contributed by atoms with Gasteiger partial charge in [0.05, 0.1) is 16.4 Å². The predicted octanol–water partition coefficient (Wildman–Crippen LogP) is 7.37. The number of halogens is 2. The van der Waals surface area contributed by atoms with Crippen molar-refractivity contribution < 1.29 is 0 Å². The molecule has 0 radical (unpaired) electrons. The zero-order valence-corrected chi connectivity index (χ0v) is 17.0. The van der Waals surface area contributed by atoms with E-state index in [9.17, 15) is 0 Å². The van der Waals surface area contributed by atoms with Crippen molar-refractivity contribution in [1.82, 2.24) is 4.57 Å². The van der Waals surface area contributed by atoms with Crippen molar-refractivity contribution >= 4 is 28.9 Å². The summed E-state index contributed by atoms with van der Waals surface area (Å²) in [5.74, 6) is 0. The molecule has 0 amide bonds. The maximum absolute atomic E-state index is 6.56. The fourth-order valence-electron chi connectivity index (χ4n) is 3.38. The van der Waals surface area contributed by atoms with Gasteiger partial charge in [0, 0.05) is 22.9 Å². The van der Waals surface area contributed by atoms with E-state index in [1.165, 1.54) is 5.56 Å². The van der Waals surface area contributed by atoms with Crippen LogP contribution in [0, 0.1) is 6.92 Å². The molecule has 1 heterocycles. The van der Waals surface area contributed by atoms with Gasteiger partial charge in [0.25, 0.3) is 0 Å². The lowest BCUT2D eigenvalue weighted by Gasteiger charge is -2.14. The minimum absolute atomic E-state index is 0.630. The Bertz CT molecular complexity index is 1090. The summed E-state index contributed by atoms with van der Waals surface area (Å²) in [7, 11) is 0. The Labute approximate surface area is 175 Å². The summed E-state index contributed by atoms with van der Waals surface area (Å²) in [4.78, 5) is 0. The zero-order valence-electron chi connectivity index (χ0n) is 15.5. The number of para-hydroxylation sites is 1. The van der Waals surface area contributed by atoms with Gasteiger partial charge in [-0.3, -0.25) is 0 Å². The van der Waals surface area contributed by atoms with E-state index in [2.05, 4.69) is 47.1 Å². The first-order valence-electron chi connectivity index (χ1n) is 9.14. The van der Waals surface area contributed by atoms with E-state index < -0.39 is 0 Å². The molecule has 0 atom stereocenters. The molecule has 0 aliphatic rings. The number of rotatable bonds is 5. The number of nitrogens with zero attached hydrogens (tertiary/aromatic N) is 1. The molecule has 0 aliphatic carbocycles. The first-order valence-corrected chi connectivity index (χ1v) is 9.90. The molecule has 4 aromatic rings. The number of aromatic nitrogens is 1. The van der Waals surface area contributed by atoms with Crippen molar-refractivity contribution in [3.63, 3.8) is 0 Å². The topological polar surface area (TPSA) is 17.0 Å². The van der Waals surface area contributed by atoms with Crippen molar-refractivity contribution in [2.45, 2.75) is 13.5 Å². The molecule has 0 spiro atoms. The summed E-state index contributed by atoms with van der Waals surface area (Å²) in [6.07, 6.45) is 0. The van der Waals surface area contributed by atoms with E-state index in [1.807, 2.05) is 48.5 Å². The highest BCUT2D eigenvalue weighted by molar-refractivity contribution is 6.35. The molecule has 28 heavy (non-hydrogen) atoms. The third-order valence-corrected chi connectivity index (χ3v) is 5.37. The van der Waals surface area contributed by atoms with Crippen LogP contribution in [-0.4, -0.2) is 4.57 Å². The second kappa shape index (κ2) is 8.14. The fourth-order valence-corrected chi connectivity index (χ4v) is 3.88. The van der Waals surface area contributed by atoms with Gasteiger partial charge in [0.2, 0.25) is 0 Å². The molecule has 0 saturated heterocycles. The van der Waals surface area contributed by atoms with Crippen molar-refractivity contribution in [3.05, 3.63) is 106 Å². The van der Waals surface area contributed by atoms with Gasteiger partial charge in [-0.05, 0) is 54.4 Å². The van der Waals surface area contributed by atoms with Crippen LogP contribution in [0.5, 0.6) is 0 Å². The Morgan fingerprint density at radius 2 is 1.50 bits per heavy atom. The van der Waals surface area contributed by atoms with Crippen LogP contribution in [0.25, 0.3) is 16.9 Å².